The lowest BCUT2D eigenvalue weighted by Gasteiger charge is -2.22. The highest BCUT2D eigenvalue weighted by molar-refractivity contribution is 7.89. The number of rotatable bonds is 7. The number of benzene rings is 1. The number of sulfonamides is 1. The van der Waals surface area contributed by atoms with Crippen molar-refractivity contribution in [2.45, 2.75) is 36.6 Å². The summed E-state index contributed by atoms with van der Waals surface area (Å²) in [6, 6.07) is 3.53. The molecular formula is C13H17ClFNO3S. The quantitative estimate of drug-likeness (QED) is 0.785. The van der Waals surface area contributed by atoms with Crippen molar-refractivity contribution in [1.82, 2.24) is 4.31 Å². The minimum atomic E-state index is -3.85. The smallest absolute Gasteiger partial charge is 0.246 e. The van der Waals surface area contributed by atoms with Crippen LogP contribution < -0.4 is 0 Å². The Labute approximate surface area is 123 Å². The molecule has 20 heavy (non-hydrogen) atoms. The first-order chi connectivity index (χ1) is 9.46. The van der Waals surface area contributed by atoms with Gasteiger partial charge in [0.25, 0.3) is 0 Å². The summed E-state index contributed by atoms with van der Waals surface area (Å²) in [7, 11) is -3.85. The molecule has 1 aromatic carbocycles. The molecule has 0 aliphatic heterocycles. The average molecular weight is 322 g/mol. The number of nitrogens with zero attached hydrogens (tertiary/aromatic N) is 1. The van der Waals surface area contributed by atoms with E-state index in [4.69, 9.17) is 16.7 Å². The number of hydrogen-bond acceptors (Lipinski definition) is 3. The lowest BCUT2D eigenvalue weighted by atomic mass is 10.3. The molecule has 0 saturated heterocycles. The van der Waals surface area contributed by atoms with E-state index in [9.17, 15) is 12.8 Å². The van der Waals surface area contributed by atoms with Crippen LogP contribution in [0.15, 0.2) is 23.1 Å². The van der Waals surface area contributed by atoms with Crippen molar-refractivity contribution in [3.05, 3.63) is 29.0 Å². The molecule has 4 nitrogen and oxygen atoms in total. The van der Waals surface area contributed by atoms with Crippen molar-refractivity contribution in [3.8, 4) is 0 Å². The van der Waals surface area contributed by atoms with Gasteiger partial charge >= 0.3 is 0 Å². The van der Waals surface area contributed by atoms with Gasteiger partial charge in [0.1, 0.15) is 10.7 Å². The second-order valence-electron chi connectivity index (χ2n) is 4.85. The third-order valence-electron chi connectivity index (χ3n) is 3.22. The summed E-state index contributed by atoms with van der Waals surface area (Å²) in [5.74, 6) is -0.828. The Balaban J connectivity index is 2.25. The Morgan fingerprint density at radius 2 is 2.05 bits per heavy atom. The third-order valence-corrected chi connectivity index (χ3v) is 5.44. The Hall–Kier alpha value is -0.690. The molecule has 1 N–H and O–H groups in total. The zero-order chi connectivity index (χ0) is 14.8. The Bertz CT molecular complexity index is 575. The first kappa shape index (κ1) is 15.7. The molecule has 1 aliphatic rings. The van der Waals surface area contributed by atoms with E-state index in [1.165, 1.54) is 16.4 Å². The van der Waals surface area contributed by atoms with E-state index in [1.54, 1.807) is 0 Å². The summed E-state index contributed by atoms with van der Waals surface area (Å²) in [6.45, 7) is 0.323. The number of aliphatic hydroxyl groups is 1. The van der Waals surface area contributed by atoms with Gasteiger partial charge in [-0.05, 0) is 43.9 Å². The second kappa shape index (κ2) is 6.39. The van der Waals surface area contributed by atoms with E-state index in [-0.39, 0.29) is 22.6 Å². The van der Waals surface area contributed by atoms with E-state index in [1.807, 2.05) is 0 Å². The van der Waals surface area contributed by atoms with Crippen LogP contribution >= 0.6 is 11.6 Å². The fraction of sp³-hybridized carbons (Fsp3) is 0.538. The first-order valence-corrected chi connectivity index (χ1v) is 8.36. The molecule has 1 fully saturated rings. The molecule has 1 saturated carbocycles. The molecule has 0 spiro atoms. The minimum absolute atomic E-state index is 0.0217. The maximum Gasteiger partial charge on any atom is 0.246 e. The molecule has 0 aromatic heterocycles. The van der Waals surface area contributed by atoms with Crippen LogP contribution in [-0.4, -0.2) is 37.0 Å². The van der Waals surface area contributed by atoms with Crippen molar-refractivity contribution in [3.63, 3.8) is 0 Å². The number of unbranched alkanes of at least 4 members (excludes halogenated alkanes) is 1. The van der Waals surface area contributed by atoms with Gasteiger partial charge in [-0.3, -0.25) is 0 Å². The maximum absolute atomic E-state index is 13.8. The molecule has 0 radical (unpaired) electrons. The molecule has 1 aliphatic carbocycles. The normalized spacial score (nSPS) is 15.8. The van der Waals surface area contributed by atoms with Gasteiger partial charge in [-0.25, -0.2) is 12.8 Å². The number of aliphatic hydroxyl groups excluding tert-OH is 1. The lowest BCUT2D eigenvalue weighted by molar-refractivity contribution is 0.275. The van der Waals surface area contributed by atoms with Crippen molar-refractivity contribution >= 4 is 21.6 Å². The average Bonchev–Trinajstić information content (AvgIpc) is 3.18. The van der Waals surface area contributed by atoms with Crippen LogP contribution in [0.2, 0.25) is 5.02 Å². The topological polar surface area (TPSA) is 57.6 Å². The van der Waals surface area contributed by atoms with Crippen molar-refractivity contribution in [1.29, 1.82) is 0 Å². The molecule has 0 unspecified atom stereocenters. The Morgan fingerprint density at radius 3 is 2.60 bits per heavy atom. The van der Waals surface area contributed by atoms with Gasteiger partial charge in [-0.15, -0.1) is 0 Å². The molecule has 1 aromatic rings. The van der Waals surface area contributed by atoms with Gasteiger partial charge in [0.05, 0.1) is 0 Å². The zero-order valence-corrected chi connectivity index (χ0v) is 12.5. The highest BCUT2D eigenvalue weighted by Gasteiger charge is 2.38. The third kappa shape index (κ3) is 3.49. The van der Waals surface area contributed by atoms with Gasteiger partial charge in [0, 0.05) is 24.2 Å². The van der Waals surface area contributed by atoms with Crippen LogP contribution in [0, 0.1) is 5.82 Å². The van der Waals surface area contributed by atoms with Gasteiger partial charge in [0.2, 0.25) is 10.0 Å². The largest absolute Gasteiger partial charge is 0.396 e. The summed E-state index contributed by atoms with van der Waals surface area (Å²) in [6.07, 6.45) is 2.68. The van der Waals surface area contributed by atoms with Crippen molar-refractivity contribution < 1.29 is 17.9 Å². The molecule has 0 atom stereocenters. The predicted molar refractivity (Wildman–Crippen MR) is 74.6 cm³/mol. The first-order valence-electron chi connectivity index (χ1n) is 6.54. The minimum Gasteiger partial charge on any atom is -0.396 e. The van der Waals surface area contributed by atoms with E-state index in [2.05, 4.69) is 0 Å². The van der Waals surface area contributed by atoms with Gasteiger partial charge in [-0.2, -0.15) is 4.31 Å². The highest BCUT2D eigenvalue weighted by Crippen LogP contribution is 2.33. The Kier molecular flexibility index (Phi) is 5.01. The van der Waals surface area contributed by atoms with Crippen LogP contribution in [0.3, 0.4) is 0 Å². The van der Waals surface area contributed by atoms with E-state index in [0.29, 0.717) is 19.4 Å². The number of hydrogen-bond donors (Lipinski definition) is 1. The molecule has 112 valence electrons. The van der Waals surface area contributed by atoms with Crippen LogP contribution in [0.5, 0.6) is 0 Å². The van der Waals surface area contributed by atoms with E-state index in [0.717, 1.165) is 18.9 Å². The fourth-order valence-electron chi connectivity index (χ4n) is 2.05. The summed E-state index contributed by atoms with van der Waals surface area (Å²) in [4.78, 5) is -0.335. The van der Waals surface area contributed by atoms with Crippen LogP contribution in [0.25, 0.3) is 0 Å². The molecule has 0 heterocycles. The summed E-state index contributed by atoms with van der Waals surface area (Å²) in [5, 5.41) is 8.95. The van der Waals surface area contributed by atoms with Gasteiger partial charge < -0.3 is 5.11 Å². The molecule has 2 rings (SSSR count). The van der Waals surface area contributed by atoms with Gasteiger partial charge in [0.15, 0.2) is 0 Å². The maximum atomic E-state index is 13.8. The molecule has 7 heteroatoms. The fourth-order valence-corrected chi connectivity index (χ4v) is 3.98. The molecule has 0 bridgehead atoms. The summed E-state index contributed by atoms with van der Waals surface area (Å²) in [5.41, 5.74) is 0. The number of halogens is 2. The highest BCUT2D eigenvalue weighted by atomic mass is 35.5. The van der Waals surface area contributed by atoms with Crippen molar-refractivity contribution in [2.75, 3.05) is 13.2 Å². The molecular weight excluding hydrogens is 305 g/mol. The predicted octanol–water partition coefficient (Wildman–Crippen LogP) is 2.40. The van der Waals surface area contributed by atoms with Crippen LogP contribution in [-0.2, 0) is 10.0 Å². The lowest BCUT2D eigenvalue weighted by Crippen LogP contribution is -2.34. The van der Waals surface area contributed by atoms with E-state index >= 15 is 0 Å². The summed E-state index contributed by atoms with van der Waals surface area (Å²) >= 11 is 5.65. The van der Waals surface area contributed by atoms with Crippen LogP contribution in [0.4, 0.5) is 4.39 Å². The molecule has 0 amide bonds. The van der Waals surface area contributed by atoms with Crippen LogP contribution in [0.1, 0.15) is 25.7 Å². The van der Waals surface area contributed by atoms with Gasteiger partial charge in [-0.1, -0.05) is 11.6 Å². The van der Waals surface area contributed by atoms with E-state index < -0.39 is 15.8 Å². The summed E-state index contributed by atoms with van der Waals surface area (Å²) < 4.78 is 40.2. The monoisotopic (exact) mass is 321 g/mol. The second-order valence-corrected chi connectivity index (χ2v) is 7.15. The van der Waals surface area contributed by atoms with Crippen molar-refractivity contribution in [2.24, 2.45) is 0 Å². The Morgan fingerprint density at radius 1 is 1.35 bits per heavy atom. The standard InChI is InChI=1S/C13H17ClFNO3S/c14-10-3-6-13(12(15)9-10)20(18,19)16(11-4-5-11)7-1-2-8-17/h3,6,9,11,17H,1-2,4-5,7-8H2. The SMILES string of the molecule is O=S(=O)(c1ccc(Cl)cc1F)N(CCCCO)C1CC1. The zero-order valence-electron chi connectivity index (χ0n) is 10.9.